The Balaban J connectivity index is 1.59. The lowest BCUT2D eigenvalue weighted by Crippen LogP contribution is -2.70. The fraction of sp³-hybridized carbons (Fsp3) is 0.343. The fourth-order valence-electron chi connectivity index (χ4n) is 7.73. The normalized spacial score (nSPS) is 25.9. The third kappa shape index (κ3) is 3.87. The zero-order chi connectivity index (χ0) is 33.0. The molecule has 11 heteroatoms. The minimum absolute atomic E-state index is 0.0614. The fourth-order valence-corrected chi connectivity index (χ4v) is 9.42. The molecule has 3 aliphatic heterocycles. The molecule has 2 amide bonds. The Morgan fingerprint density at radius 2 is 1.54 bits per heavy atom. The highest BCUT2D eigenvalue weighted by molar-refractivity contribution is 7.92. The largest absolute Gasteiger partial charge is 0.443 e. The Morgan fingerprint density at radius 3 is 2.24 bits per heavy atom. The van der Waals surface area contributed by atoms with E-state index < -0.39 is 44.9 Å². The van der Waals surface area contributed by atoms with E-state index in [1.54, 1.807) is 78.2 Å². The van der Waals surface area contributed by atoms with Crippen LogP contribution in [0.15, 0.2) is 90.0 Å². The van der Waals surface area contributed by atoms with Crippen molar-refractivity contribution in [2.24, 2.45) is 0 Å². The predicted octanol–water partition coefficient (Wildman–Crippen LogP) is 5.10. The van der Waals surface area contributed by atoms with E-state index in [0.29, 0.717) is 27.7 Å². The third-order valence-corrected chi connectivity index (χ3v) is 11.5. The number of aromatic nitrogens is 1. The van der Waals surface area contributed by atoms with Crippen molar-refractivity contribution in [2.45, 2.75) is 74.7 Å². The molecule has 0 saturated carbocycles. The number of amides is 2. The Bertz CT molecular complexity index is 2050. The Morgan fingerprint density at radius 1 is 0.913 bits per heavy atom. The number of hydrogen-bond donors (Lipinski definition) is 0. The summed E-state index contributed by atoms with van der Waals surface area (Å²) in [6.07, 6.45) is 0.0494. The number of ether oxygens (including phenoxy) is 1. The van der Waals surface area contributed by atoms with Crippen LogP contribution in [-0.4, -0.2) is 71.1 Å². The highest BCUT2D eigenvalue weighted by atomic mass is 32.2. The number of carbonyl (C=O) groups excluding carboxylic acids is 3. The topological polar surface area (TPSA) is 109 Å². The van der Waals surface area contributed by atoms with E-state index in [9.17, 15) is 22.8 Å². The van der Waals surface area contributed by atoms with Crippen molar-refractivity contribution in [1.82, 2.24) is 14.4 Å². The molecule has 4 atom stereocenters. The number of para-hydroxylation sites is 2. The first-order chi connectivity index (χ1) is 21.6. The van der Waals surface area contributed by atoms with Gasteiger partial charge in [0.2, 0.25) is 11.8 Å². The van der Waals surface area contributed by atoms with Crippen LogP contribution in [0.25, 0.3) is 10.9 Å². The number of hydrogen-bond acceptors (Lipinski definition) is 6. The van der Waals surface area contributed by atoms with Crippen LogP contribution >= 0.6 is 0 Å². The average molecular weight is 641 g/mol. The molecule has 2 saturated heterocycles. The Labute approximate surface area is 268 Å². The first-order valence-corrected chi connectivity index (χ1v) is 16.7. The van der Waals surface area contributed by atoms with Crippen LogP contribution in [0.4, 0.5) is 10.5 Å². The minimum Gasteiger partial charge on any atom is -0.443 e. The molecule has 0 N–H and O–H groups in total. The number of rotatable bonds is 3. The monoisotopic (exact) mass is 640 g/mol. The molecule has 46 heavy (non-hydrogen) atoms. The maximum Gasteiger partial charge on any atom is 0.419 e. The second-order valence-corrected chi connectivity index (χ2v) is 15.5. The van der Waals surface area contributed by atoms with Gasteiger partial charge in [0.05, 0.1) is 21.5 Å². The van der Waals surface area contributed by atoms with E-state index in [4.69, 9.17) is 4.74 Å². The number of fused-ring (bicyclic) bond motifs is 6. The summed E-state index contributed by atoms with van der Waals surface area (Å²) in [5.74, 6) is -0.632. The van der Waals surface area contributed by atoms with E-state index in [1.807, 2.05) is 36.4 Å². The van der Waals surface area contributed by atoms with Crippen LogP contribution in [0.2, 0.25) is 0 Å². The van der Waals surface area contributed by atoms with Gasteiger partial charge in [-0.05, 0) is 76.4 Å². The second kappa shape index (κ2) is 9.68. The van der Waals surface area contributed by atoms with Crippen molar-refractivity contribution in [3.63, 3.8) is 0 Å². The third-order valence-electron chi connectivity index (χ3n) is 9.72. The van der Waals surface area contributed by atoms with Crippen LogP contribution in [0, 0.1) is 0 Å². The summed E-state index contributed by atoms with van der Waals surface area (Å²) < 4.78 is 38.1. The first kappa shape index (κ1) is 30.0. The quantitative estimate of drug-likeness (QED) is 0.309. The molecule has 238 valence electrons. The standard InChI is InChI=1S/C35H36N4O6S/c1-22-29(40)38-30-35(21-34(38,5)31(41)36(22)6,26-20-37(32(42)45-33(2,3)4)27-18-12-10-16-24(26)27)25-17-11-13-19-28(25)39(30)46(43,44)23-14-8-7-9-15-23/h7-20,22,30H,21H2,1-6H3/t22-,30+,34+,35+/m0/s1. The summed E-state index contributed by atoms with van der Waals surface area (Å²) in [6, 6.07) is 21.9. The van der Waals surface area contributed by atoms with Crippen molar-refractivity contribution in [3.8, 4) is 0 Å². The number of nitrogens with zero attached hydrogens (tertiary/aromatic N) is 4. The molecule has 0 radical (unpaired) electrons. The van der Waals surface area contributed by atoms with Crippen LogP contribution in [0.5, 0.6) is 0 Å². The van der Waals surface area contributed by atoms with E-state index >= 15 is 0 Å². The van der Waals surface area contributed by atoms with Gasteiger partial charge < -0.3 is 14.5 Å². The molecular formula is C35H36N4O6S. The molecule has 0 unspecified atom stereocenters. The van der Waals surface area contributed by atoms with Crippen molar-refractivity contribution in [3.05, 3.63) is 96.2 Å². The molecule has 1 aromatic heterocycles. The molecule has 0 aliphatic carbocycles. The van der Waals surface area contributed by atoms with Gasteiger partial charge >= 0.3 is 6.09 Å². The molecule has 10 nitrogen and oxygen atoms in total. The number of sulfonamides is 1. The Hall–Kier alpha value is -4.64. The summed E-state index contributed by atoms with van der Waals surface area (Å²) in [6.45, 7) is 8.74. The van der Waals surface area contributed by atoms with Crippen molar-refractivity contribution >= 4 is 44.5 Å². The molecular weight excluding hydrogens is 604 g/mol. The zero-order valence-electron chi connectivity index (χ0n) is 26.6. The molecule has 7 rings (SSSR count). The average Bonchev–Trinajstić information content (AvgIpc) is 3.63. The summed E-state index contributed by atoms with van der Waals surface area (Å²) in [4.78, 5) is 45.3. The van der Waals surface area contributed by atoms with Crippen LogP contribution in [-0.2, 0) is 29.8 Å². The van der Waals surface area contributed by atoms with Crippen molar-refractivity contribution < 1.29 is 27.5 Å². The van der Waals surface area contributed by atoms with Crippen LogP contribution < -0.4 is 4.31 Å². The Kier molecular flexibility index (Phi) is 6.32. The molecule has 4 heterocycles. The maximum atomic E-state index is 14.8. The van der Waals surface area contributed by atoms with Gasteiger partial charge in [-0.2, -0.15) is 0 Å². The van der Waals surface area contributed by atoms with Gasteiger partial charge in [-0.15, -0.1) is 0 Å². The highest BCUT2D eigenvalue weighted by Gasteiger charge is 2.73. The van der Waals surface area contributed by atoms with Crippen molar-refractivity contribution in [2.75, 3.05) is 11.4 Å². The zero-order valence-corrected chi connectivity index (χ0v) is 27.4. The maximum absolute atomic E-state index is 14.8. The van der Waals surface area contributed by atoms with E-state index in [-0.39, 0.29) is 23.1 Å². The predicted molar refractivity (Wildman–Crippen MR) is 173 cm³/mol. The number of benzene rings is 3. The lowest BCUT2D eigenvalue weighted by Gasteiger charge is -2.48. The second-order valence-electron chi connectivity index (χ2n) is 13.6. The van der Waals surface area contributed by atoms with Crippen molar-refractivity contribution in [1.29, 1.82) is 0 Å². The molecule has 3 aromatic carbocycles. The summed E-state index contributed by atoms with van der Waals surface area (Å²) in [5, 5.41) is 0.692. The van der Waals surface area contributed by atoms with E-state index in [2.05, 4.69) is 0 Å². The van der Waals surface area contributed by atoms with Gasteiger partial charge in [0.15, 0.2) is 0 Å². The van der Waals surface area contributed by atoms with Gasteiger partial charge in [0.25, 0.3) is 10.0 Å². The molecule has 2 fully saturated rings. The highest BCUT2D eigenvalue weighted by Crippen LogP contribution is 2.63. The van der Waals surface area contributed by atoms with Gasteiger partial charge in [0.1, 0.15) is 23.3 Å². The molecule has 0 bridgehead atoms. The molecule has 4 aromatic rings. The van der Waals surface area contributed by atoms with E-state index in [0.717, 1.165) is 0 Å². The lowest BCUT2D eigenvalue weighted by atomic mass is 9.70. The molecule has 3 aliphatic rings. The van der Waals surface area contributed by atoms with Crippen LogP contribution in [0.1, 0.15) is 52.2 Å². The van der Waals surface area contributed by atoms with Gasteiger partial charge in [-0.25, -0.2) is 17.5 Å². The number of likely N-dealkylation sites (N-methyl/N-ethyl adjacent to an activating group) is 1. The van der Waals surface area contributed by atoms with Gasteiger partial charge in [0, 0.05) is 18.6 Å². The minimum atomic E-state index is -4.27. The molecule has 0 spiro atoms. The smallest absolute Gasteiger partial charge is 0.419 e. The first-order valence-electron chi connectivity index (χ1n) is 15.3. The number of piperazine rings is 1. The number of anilines is 1. The summed E-state index contributed by atoms with van der Waals surface area (Å²) >= 11 is 0. The van der Waals surface area contributed by atoms with Gasteiger partial charge in [-0.3, -0.25) is 14.2 Å². The summed E-state index contributed by atoms with van der Waals surface area (Å²) in [5.41, 5.74) is -1.14. The lowest BCUT2D eigenvalue weighted by molar-refractivity contribution is -0.166. The SMILES string of the molecule is C[C@H]1C(=O)N2[C@@H]3N(S(=O)(=O)c4ccccc4)c4ccccc4[C@@]3(c3cn(C(=O)OC(C)(C)C)c4ccccc34)C[C@]2(C)C(=O)N1C. The van der Waals surface area contributed by atoms with E-state index in [1.165, 1.54) is 30.8 Å². The summed E-state index contributed by atoms with van der Waals surface area (Å²) in [7, 11) is -2.67. The number of carbonyl (C=O) groups is 3. The van der Waals surface area contributed by atoms with Crippen LogP contribution in [0.3, 0.4) is 0 Å². The van der Waals surface area contributed by atoms with Gasteiger partial charge in [-0.1, -0.05) is 54.6 Å².